The van der Waals surface area contributed by atoms with Gasteiger partial charge in [0.05, 0.1) is 21.5 Å². The Morgan fingerprint density at radius 2 is 2.29 bits per heavy atom. The minimum atomic E-state index is -3.21. The van der Waals surface area contributed by atoms with Gasteiger partial charge >= 0.3 is 12.0 Å². The van der Waals surface area contributed by atoms with Crippen molar-refractivity contribution in [2.24, 2.45) is 0 Å². The average Bonchev–Trinajstić information content (AvgIpc) is 2.92. The van der Waals surface area contributed by atoms with Crippen LogP contribution in [0.4, 0.5) is 9.93 Å². The zero-order valence-corrected chi connectivity index (χ0v) is 13.9. The molecule has 0 saturated carbocycles. The number of carbonyl (C=O) groups excluding carboxylic acids is 1. The Bertz CT molecular complexity index is 659. The molecule has 0 aromatic carbocycles. The van der Waals surface area contributed by atoms with Crippen LogP contribution < -0.4 is 5.32 Å². The first-order valence-electron chi connectivity index (χ1n) is 5.88. The minimum absolute atomic E-state index is 0.0378. The Balaban J connectivity index is 2.12. The number of aliphatic carboxylic acids is 1. The van der Waals surface area contributed by atoms with Crippen LogP contribution in [0.5, 0.6) is 0 Å². The Kier molecular flexibility index (Phi) is 4.84. The van der Waals surface area contributed by atoms with E-state index < -0.39 is 34.4 Å². The molecular weight excluding hydrogens is 386 g/mol. The predicted octanol–water partition coefficient (Wildman–Crippen LogP) is 1.01. The Morgan fingerprint density at radius 3 is 2.76 bits per heavy atom. The summed E-state index contributed by atoms with van der Waals surface area (Å²) in [6.45, 7) is -0.557. The van der Waals surface area contributed by atoms with E-state index in [1.807, 2.05) is 0 Å². The van der Waals surface area contributed by atoms with Gasteiger partial charge in [0, 0.05) is 6.04 Å². The predicted molar refractivity (Wildman–Crippen MR) is 80.2 cm³/mol. The molecule has 0 bridgehead atoms. The van der Waals surface area contributed by atoms with Crippen LogP contribution in [0.25, 0.3) is 0 Å². The van der Waals surface area contributed by atoms with Gasteiger partial charge in [-0.25, -0.2) is 18.2 Å². The molecular formula is C10H12BrN3O5S2. The number of halogens is 1. The summed E-state index contributed by atoms with van der Waals surface area (Å²) in [6.07, 6.45) is 1.74. The van der Waals surface area contributed by atoms with Crippen LogP contribution in [0.1, 0.15) is 6.42 Å². The lowest BCUT2D eigenvalue weighted by molar-refractivity contribution is -0.138. The highest BCUT2D eigenvalue weighted by atomic mass is 79.9. The molecule has 2 N–H and O–H groups in total. The van der Waals surface area contributed by atoms with E-state index >= 15 is 0 Å². The number of urea groups is 1. The molecule has 116 valence electrons. The summed E-state index contributed by atoms with van der Waals surface area (Å²) in [5.74, 6) is -1.45. The lowest BCUT2D eigenvalue weighted by Gasteiger charge is -2.26. The molecule has 1 unspecified atom stereocenters. The fourth-order valence-corrected chi connectivity index (χ4v) is 4.84. The van der Waals surface area contributed by atoms with Crippen LogP contribution in [0.3, 0.4) is 0 Å². The second-order valence-electron chi connectivity index (χ2n) is 4.48. The van der Waals surface area contributed by atoms with Gasteiger partial charge in [-0.15, -0.1) is 0 Å². The topological polar surface area (TPSA) is 117 Å². The molecule has 0 spiro atoms. The fourth-order valence-electron chi connectivity index (χ4n) is 2.01. The summed E-state index contributed by atoms with van der Waals surface area (Å²) in [5.41, 5.74) is 0. The number of amides is 2. The fraction of sp³-hybridized carbons (Fsp3) is 0.500. The SMILES string of the molecule is O=C(O)CN(C(=O)Nc1ncc(Br)s1)C1CCS(=O)(=O)C1. The van der Waals surface area contributed by atoms with Gasteiger partial charge in [-0.1, -0.05) is 11.3 Å². The van der Waals surface area contributed by atoms with Gasteiger partial charge < -0.3 is 10.0 Å². The molecule has 1 aliphatic rings. The lowest BCUT2D eigenvalue weighted by atomic mass is 10.2. The van der Waals surface area contributed by atoms with Crippen molar-refractivity contribution in [3.8, 4) is 0 Å². The highest BCUT2D eigenvalue weighted by molar-refractivity contribution is 9.11. The number of nitrogens with one attached hydrogen (secondary N) is 1. The number of aromatic nitrogens is 1. The van der Waals surface area contributed by atoms with Crippen molar-refractivity contribution >= 4 is 54.2 Å². The number of anilines is 1. The molecule has 1 aromatic rings. The van der Waals surface area contributed by atoms with E-state index in [1.165, 1.54) is 17.5 Å². The first-order valence-corrected chi connectivity index (χ1v) is 9.31. The standard InChI is InChI=1S/C10H12BrN3O5S2/c11-7-3-12-9(20-7)13-10(17)14(4-8(15)16)6-1-2-21(18,19)5-6/h3,6H,1-2,4-5H2,(H,15,16)(H,12,13,17). The van der Waals surface area contributed by atoms with Crippen molar-refractivity contribution in [3.05, 3.63) is 9.98 Å². The van der Waals surface area contributed by atoms with Gasteiger partial charge in [-0.3, -0.25) is 10.1 Å². The monoisotopic (exact) mass is 397 g/mol. The van der Waals surface area contributed by atoms with Gasteiger partial charge in [-0.05, 0) is 22.4 Å². The van der Waals surface area contributed by atoms with Crippen molar-refractivity contribution < 1.29 is 23.1 Å². The Labute approximate surface area is 133 Å². The van der Waals surface area contributed by atoms with E-state index in [1.54, 1.807) is 0 Å². The third-order valence-electron chi connectivity index (χ3n) is 2.91. The van der Waals surface area contributed by atoms with Crippen LogP contribution in [0, 0.1) is 0 Å². The second kappa shape index (κ2) is 6.28. The molecule has 8 nitrogen and oxygen atoms in total. The summed E-state index contributed by atoms with van der Waals surface area (Å²) in [5, 5.41) is 11.7. The number of rotatable bonds is 4. The minimum Gasteiger partial charge on any atom is -0.480 e. The number of sulfone groups is 1. The number of hydrogen-bond acceptors (Lipinski definition) is 6. The van der Waals surface area contributed by atoms with E-state index in [-0.39, 0.29) is 17.9 Å². The van der Waals surface area contributed by atoms with Gasteiger partial charge in [0.15, 0.2) is 15.0 Å². The van der Waals surface area contributed by atoms with E-state index in [2.05, 4.69) is 26.2 Å². The van der Waals surface area contributed by atoms with Crippen molar-refractivity contribution in [2.45, 2.75) is 12.5 Å². The summed E-state index contributed by atoms with van der Waals surface area (Å²) in [6, 6.07) is -1.30. The largest absolute Gasteiger partial charge is 0.480 e. The molecule has 1 atom stereocenters. The molecule has 2 amide bonds. The number of hydrogen-bond donors (Lipinski definition) is 2. The highest BCUT2D eigenvalue weighted by Gasteiger charge is 2.35. The maximum Gasteiger partial charge on any atom is 0.324 e. The number of carbonyl (C=O) groups is 2. The third-order valence-corrected chi connectivity index (χ3v) is 6.05. The summed E-state index contributed by atoms with van der Waals surface area (Å²) < 4.78 is 23.7. The molecule has 1 saturated heterocycles. The van der Waals surface area contributed by atoms with E-state index in [9.17, 15) is 18.0 Å². The second-order valence-corrected chi connectivity index (χ2v) is 9.12. The molecule has 1 fully saturated rings. The zero-order valence-electron chi connectivity index (χ0n) is 10.7. The van der Waals surface area contributed by atoms with Crippen molar-refractivity contribution in [1.82, 2.24) is 9.88 Å². The summed E-state index contributed by atoms with van der Waals surface area (Å²) in [7, 11) is -3.21. The maximum atomic E-state index is 12.2. The van der Waals surface area contributed by atoms with Crippen LogP contribution >= 0.6 is 27.3 Å². The number of nitrogens with zero attached hydrogens (tertiary/aromatic N) is 2. The average molecular weight is 398 g/mol. The van der Waals surface area contributed by atoms with Crippen LogP contribution in [0.15, 0.2) is 9.98 Å². The zero-order chi connectivity index (χ0) is 15.6. The quantitative estimate of drug-likeness (QED) is 0.782. The van der Waals surface area contributed by atoms with E-state index in [0.29, 0.717) is 8.92 Å². The summed E-state index contributed by atoms with van der Waals surface area (Å²) >= 11 is 4.37. The van der Waals surface area contributed by atoms with Crippen molar-refractivity contribution in [1.29, 1.82) is 0 Å². The lowest BCUT2D eigenvalue weighted by Crippen LogP contribution is -2.46. The van der Waals surface area contributed by atoms with E-state index in [4.69, 9.17) is 5.11 Å². The third kappa shape index (κ3) is 4.38. The first-order chi connectivity index (χ1) is 9.77. The first kappa shape index (κ1) is 16.2. The smallest absolute Gasteiger partial charge is 0.324 e. The van der Waals surface area contributed by atoms with Crippen LogP contribution in [-0.4, -0.2) is 59.5 Å². The highest BCUT2D eigenvalue weighted by Crippen LogP contribution is 2.24. The van der Waals surface area contributed by atoms with Crippen LogP contribution in [-0.2, 0) is 14.6 Å². The molecule has 11 heteroatoms. The van der Waals surface area contributed by atoms with Gasteiger partial charge in [0.1, 0.15) is 6.54 Å². The molecule has 2 heterocycles. The molecule has 0 aliphatic carbocycles. The Morgan fingerprint density at radius 1 is 1.57 bits per heavy atom. The van der Waals surface area contributed by atoms with Crippen molar-refractivity contribution in [2.75, 3.05) is 23.4 Å². The van der Waals surface area contributed by atoms with E-state index in [0.717, 1.165) is 4.90 Å². The van der Waals surface area contributed by atoms with Gasteiger partial charge in [0.2, 0.25) is 0 Å². The van der Waals surface area contributed by atoms with Gasteiger partial charge in [-0.2, -0.15) is 0 Å². The Hall–Kier alpha value is -1.20. The number of carboxylic acids is 1. The van der Waals surface area contributed by atoms with Gasteiger partial charge in [0.25, 0.3) is 0 Å². The molecule has 1 aliphatic heterocycles. The maximum absolute atomic E-state index is 12.2. The number of thiazole rings is 1. The van der Waals surface area contributed by atoms with Crippen LogP contribution in [0.2, 0.25) is 0 Å². The molecule has 21 heavy (non-hydrogen) atoms. The van der Waals surface area contributed by atoms with Crippen molar-refractivity contribution in [3.63, 3.8) is 0 Å². The molecule has 2 rings (SSSR count). The number of carboxylic acid groups (broad SMARTS) is 1. The normalized spacial score (nSPS) is 20.1. The molecule has 1 aromatic heterocycles. The summed E-state index contributed by atoms with van der Waals surface area (Å²) in [4.78, 5) is 28.0. The molecule has 0 radical (unpaired) electrons.